The summed E-state index contributed by atoms with van der Waals surface area (Å²) in [4.78, 5) is 12.7. The molecule has 0 fully saturated rings. The molecule has 1 aromatic rings. The average Bonchev–Trinajstić information content (AvgIpc) is 2.67. The number of amides is 1. The van der Waals surface area contributed by atoms with Gasteiger partial charge in [-0.2, -0.15) is 0 Å². The van der Waals surface area contributed by atoms with Gasteiger partial charge in [0.05, 0.1) is 0 Å². The van der Waals surface area contributed by atoms with E-state index in [9.17, 15) is 13.6 Å². The van der Waals surface area contributed by atoms with Crippen LogP contribution in [0.4, 0.5) is 14.5 Å². The van der Waals surface area contributed by atoms with Crippen molar-refractivity contribution < 1.29 is 13.6 Å². The normalized spacial score (nSPS) is 19.0. The highest BCUT2D eigenvalue weighted by Gasteiger charge is 2.38. The van der Waals surface area contributed by atoms with Crippen LogP contribution in [0.5, 0.6) is 0 Å². The smallest absolute Gasteiger partial charge is 0.259 e. The van der Waals surface area contributed by atoms with E-state index in [-0.39, 0.29) is 12.3 Å². The molecule has 0 saturated heterocycles. The van der Waals surface area contributed by atoms with Crippen LogP contribution in [-0.2, 0) is 11.2 Å². The molecule has 1 aliphatic rings. The van der Waals surface area contributed by atoms with Gasteiger partial charge in [-0.15, -0.1) is 11.6 Å². The third kappa shape index (κ3) is 1.78. The van der Waals surface area contributed by atoms with Crippen molar-refractivity contribution in [3.63, 3.8) is 0 Å². The van der Waals surface area contributed by atoms with Crippen molar-refractivity contribution in [1.82, 2.24) is 0 Å². The summed E-state index contributed by atoms with van der Waals surface area (Å²) in [5.74, 6) is -0.755. The second-order valence-corrected chi connectivity index (χ2v) is 3.90. The van der Waals surface area contributed by atoms with E-state index in [1.54, 1.807) is 24.3 Å². The lowest BCUT2D eigenvalue weighted by atomic mass is 10.1. The Kier molecular flexibility index (Phi) is 3.10. The summed E-state index contributed by atoms with van der Waals surface area (Å²) in [6.07, 6.45) is -2.37. The molecule has 0 radical (unpaired) electrons. The fourth-order valence-corrected chi connectivity index (χ4v) is 2.13. The van der Waals surface area contributed by atoms with E-state index in [1.165, 1.54) is 0 Å². The molecule has 1 atom stereocenters. The maximum absolute atomic E-state index is 12.8. The van der Waals surface area contributed by atoms with Crippen molar-refractivity contribution in [1.29, 1.82) is 0 Å². The molecular weight excluding hydrogens is 236 g/mol. The van der Waals surface area contributed by atoms with Gasteiger partial charge in [-0.1, -0.05) is 18.2 Å². The Morgan fingerprint density at radius 1 is 1.50 bits per heavy atom. The SMILES string of the molecule is O=C(CCl)N1c2ccccc2CC1C(F)F. The van der Waals surface area contributed by atoms with Gasteiger partial charge in [0.15, 0.2) is 0 Å². The highest BCUT2D eigenvalue weighted by Crippen LogP contribution is 2.34. The molecule has 1 aliphatic heterocycles. The number of hydrogen-bond acceptors (Lipinski definition) is 1. The monoisotopic (exact) mass is 245 g/mol. The summed E-state index contributed by atoms with van der Waals surface area (Å²) in [5, 5.41) is 0. The number of anilines is 1. The number of benzene rings is 1. The first-order valence-corrected chi connectivity index (χ1v) is 5.42. The highest BCUT2D eigenvalue weighted by molar-refractivity contribution is 6.29. The summed E-state index contributed by atoms with van der Waals surface area (Å²) >= 11 is 5.43. The number of halogens is 3. The molecule has 0 aliphatic carbocycles. The van der Waals surface area contributed by atoms with Crippen LogP contribution in [0.2, 0.25) is 0 Å². The van der Waals surface area contributed by atoms with Crippen LogP contribution in [0.3, 0.4) is 0 Å². The molecule has 0 spiro atoms. The van der Waals surface area contributed by atoms with E-state index in [1.807, 2.05) is 0 Å². The number of rotatable bonds is 2. The van der Waals surface area contributed by atoms with Crippen LogP contribution >= 0.6 is 11.6 Å². The zero-order valence-corrected chi connectivity index (χ0v) is 9.12. The molecule has 0 bridgehead atoms. The van der Waals surface area contributed by atoms with E-state index in [0.29, 0.717) is 5.69 Å². The van der Waals surface area contributed by atoms with E-state index in [2.05, 4.69) is 0 Å². The van der Waals surface area contributed by atoms with E-state index in [4.69, 9.17) is 11.6 Å². The van der Waals surface area contributed by atoms with Gasteiger partial charge in [0.1, 0.15) is 11.9 Å². The van der Waals surface area contributed by atoms with Gasteiger partial charge in [-0.25, -0.2) is 8.78 Å². The second-order valence-electron chi connectivity index (χ2n) is 3.63. The zero-order valence-electron chi connectivity index (χ0n) is 8.37. The minimum Gasteiger partial charge on any atom is -0.302 e. The van der Waals surface area contributed by atoms with Crippen molar-refractivity contribution in [2.24, 2.45) is 0 Å². The van der Waals surface area contributed by atoms with Crippen LogP contribution < -0.4 is 4.90 Å². The molecule has 1 aromatic carbocycles. The topological polar surface area (TPSA) is 20.3 Å². The molecule has 86 valence electrons. The van der Waals surface area contributed by atoms with Crippen LogP contribution in [-0.4, -0.2) is 24.3 Å². The van der Waals surface area contributed by atoms with Gasteiger partial charge in [-0.3, -0.25) is 4.79 Å². The largest absolute Gasteiger partial charge is 0.302 e. The number of alkyl halides is 3. The van der Waals surface area contributed by atoms with Crippen LogP contribution in [0.25, 0.3) is 0 Å². The van der Waals surface area contributed by atoms with Gasteiger partial charge in [-0.05, 0) is 11.6 Å². The first kappa shape index (κ1) is 11.3. The third-order valence-corrected chi connectivity index (χ3v) is 2.91. The summed E-state index contributed by atoms with van der Waals surface area (Å²) in [7, 11) is 0. The molecule has 1 heterocycles. The first-order chi connectivity index (χ1) is 7.65. The number of para-hydroxylation sites is 1. The van der Waals surface area contributed by atoms with Crippen molar-refractivity contribution in [3.05, 3.63) is 29.8 Å². The van der Waals surface area contributed by atoms with Gasteiger partial charge in [0.25, 0.3) is 6.43 Å². The number of carbonyl (C=O) groups excluding carboxylic acids is 1. The number of hydrogen-bond donors (Lipinski definition) is 0. The van der Waals surface area contributed by atoms with Crippen molar-refractivity contribution >= 4 is 23.2 Å². The fourth-order valence-electron chi connectivity index (χ4n) is 2.00. The number of carbonyl (C=O) groups is 1. The zero-order chi connectivity index (χ0) is 11.7. The van der Waals surface area contributed by atoms with Crippen LogP contribution in [0.15, 0.2) is 24.3 Å². The maximum Gasteiger partial charge on any atom is 0.259 e. The molecule has 1 amide bonds. The fraction of sp³-hybridized carbons (Fsp3) is 0.364. The van der Waals surface area contributed by atoms with Gasteiger partial charge in [0, 0.05) is 12.1 Å². The Hall–Kier alpha value is -1.16. The van der Waals surface area contributed by atoms with Crippen molar-refractivity contribution in [2.75, 3.05) is 10.8 Å². The van der Waals surface area contributed by atoms with Crippen LogP contribution in [0, 0.1) is 0 Å². The molecule has 2 nitrogen and oxygen atoms in total. The van der Waals surface area contributed by atoms with E-state index < -0.39 is 18.4 Å². The summed E-state index contributed by atoms with van der Waals surface area (Å²) in [5.41, 5.74) is 1.32. The van der Waals surface area contributed by atoms with Crippen LogP contribution in [0.1, 0.15) is 5.56 Å². The van der Waals surface area contributed by atoms with Gasteiger partial charge < -0.3 is 4.90 Å². The lowest BCUT2D eigenvalue weighted by molar-refractivity contribution is -0.117. The molecule has 0 aromatic heterocycles. The molecule has 1 unspecified atom stereocenters. The lowest BCUT2D eigenvalue weighted by Gasteiger charge is -2.23. The molecule has 2 rings (SSSR count). The third-order valence-electron chi connectivity index (χ3n) is 2.69. The number of fused-ring (bicyclic) bond motifs is 1. The Morgan fingerprint density at radius 2 is 2.19 bits per heavy atom. The Morgan fingerprint density at radius 3 is 2.81 bits per heavy atom. The van der Waals surface area contributed by atoms with E-state index >= 15 is 0 Å². The van der Waals surface area contributed by atoms with Crippen molar-refractivity contribution in [3.8, 4) is 0 Å². The Balaban J connectivity index is 2.40. The highest BCUT2D eigenvalue weighted by atomic mass is 35.5. The molecule has 0 saturated carbocycles. The summed E-state index contributed by atoms with van der Waals surface area (Å²) in [6, 6.07) is 5.84. The quantitative estimate of drug-likeness (QED) is 0.733. The Labute approximate surface area is 96.8 Å². The Bertz CT molecular complexity index is 411. The van der Waals surface area contributed by atoms with E-state index in [0.717, 1.165) is 10.5 Å². The summed E-state index contributed by atoms with van der Waals surface area (Å²) < 4.78 is 25.6. The molecule has 0 N–H and O–H groups in total. The second kappa shape index (κ2) is 4.37. The minimum atomic E-state index is -2.56. The number of nitrogens with zero attached hydrogens (tertiary/aromatic N) is 1. The lowest BCUT2D eigenvalue weighted by Crippen LogP contribution is -2.42. The van der Waals surface area contributed by atoms with Crippen molar-refractivity contribution in [2.45, 2.75) is 18.9 Å². The molecular formula is C11H10ClF2NO. The molecule has 5 heteroatoms. The first-order valence-electron chi connectivity index (χ1n) is 4.89. The van der Waals surface area contributed by atoms with Gasteiger partial charge >= 0.3 is 0 Å². The summed E-state index contributed by atoms with van der Waals surface area (Å²) in [6.45, 7) is 0. The van der Waals surface area contributed by atoms with Gasteiger partial charge in [0.2, 0.25) is 5.91 Å². The predicted molar refractivity (Wildman–Crippen MR) is 58.1 cm³/mol. The standard InChI is InChI=1S/C11H10ClF2NO/c12-6-10(16)15-8-4-2-1-3-7(8)5-9(15)11(13)14/h1-4,9,11H,5-6H2. The molecule has 16 heavy (non-hydrogen) atoms. The minimum absolute atomic E-state index is 0.191. The predicted octanol–water partition coefficient (Wildman–Crippen LogP) is 2.45. The maximum atomic E-state index is 12.8. The average molecular weight is 246 g/mol.